The van der Waals surface area contributed by atoms with Gasteiger partial charge in [0.1, 0.15) is 5.82 Å². The molecule has 2 N–H and O–H groups in total. The SMILES string of the molecule is CCOC(=O)c1ncn(Cc2ccc(CC)cc2)c1N. The van der Waals surface area contributed by atoms with Gasteiger partial charge in [0.05, 0.1) is 19.5 Å². The molecule has 1 aromatic heterocycles. The predicted molar refractivity (Wildman–Crippen MR) is 77.5 cm³/mol. The molecule has 0 fully saturated rings. The highest BCUT2D eigenvalue weighted by atomic mass is 16.5. The molecule has 106 valence electrons. The maximum absolute atomic E-state index is 11.6. The molecular weight excluding hydrogens is 254 g/mol. The lowest BCUT2D eigenvalue weighted by atomic mass is 10.1. The minimum atomic E-state index is -0.481. The second kappa shape index (κ2) is 6.23. The molecule has 1 heterocycles. The largest absolute Gasteiger partial charge is 0.461 e. The highest BCUT2D eigenvalue weighted by Crippen LogP contribution is 2.14. The number of carbonyl (C=O) groups is 1. The molecule has 0 amide bonds. The van der Waals surface area contributed by atoms with Crippen LogP contribution in [0.2, 0.25) is 0 Å². The second-order valence-electron chi connectivity index (χ2n) is 4.50. The van der Waals surface area contributed by atoms with Crippen LogP contribution in [-0.4, -0.2) is 22.1 Å². The zero-order valence-corrected chi connectivity index (χ0v) is 11.8. The molecule has 0 bridgehead atoms. The van der Waals surface area contributed by atoms with Crippen LogP contribution in [0.3, 0.4) is 0 Å². The number of ether oxygens (including phenoxy) is 1. The van der Waals surface area contributed by atoms with E-state index in [2.05, 4.69) is 36.2 Å². The first-order valence-corrected chi connectivity index (χ1v) is 6.71. The molecule has 0 atom stereocenters. The number of aromatic nitrogens is 2. The van der Waals surface area contributed by atoms with Gasteiger partial charge in [-0.15, -0.1) is 0 Å². The monoisotopic (exact) mass is 273 g/mol. The standard InChI is InChI=1S/C15H19N3O2/c1-3-11-5-7-12(8-6-11)9-18-10-17-13(14(18)16)15(19)20-4-2/h5-8,10H,3-4,9,16H2,1-2H3. The summed E-state index contributed by atoms with van der Waals surface area (Å²) >= 11 is 0. The van der Waals surface area contributed by atoms with Gasteiger partial charge in [-0.1, -0.05) is 31.2 Å². The summed E-state index contributed by atoms with van der Waals surface area (Å²) in [6.45, 7) is 4.76. The summed E-state index contributed by atoms with van der Waals surface area (Å²) in [5.74, 6) is -0.145. The third-order valence-corrected chi connectivity index (χ3v) is 3.13. The van der Waals surface area contributed by atoms with Crippen molar-refractivity contribution < 1.29 is 9.53 Å². The lowest BCUT2D eigenvalue weighted by Gasteiger charge is -2.06. The number of carbonyl (C=O) groups excluding carboxylic acids is 1. The fourth-order valence-electron chi connectivity index (χ4n) is 1.95. The smallest absolute Gasteiger partial charge is 0.360 e. The maximum Gasteiger partial charge on any atom is 0.360 e. The van der Waals surface area contributed by atoms with Crippen LogP contribution >= 0.6 is 0 Å². The van der Waals surface area contributed by atoms with E-state index in [1.54, 1.807) is 17.8 Å². The Kier molecular flexibility index (Phi) is 4.40. The summed E-state index contributed by atoms with van der Waals surface area (Å²) in [7, 11) is 0. The van der Waals surface area contributed by atoms with Crippen molar-refractivity contribution in [1.29, 1.82) is 0 Å². The van der Waals surface area contributed by atoms with Crippen molar-refractivity contribution in [3.63, 3.8) is 0 Å². The normalized spacial score (nSPS) is 10.5. The van der Waals surface area contributed by atoms with Gasteiger partial charge >= 0.3 is 5.97 Å². The third kappa shape index (κ3) is 2.99. The number of esters is 1. The van der Waals surface area contributed by atoms with E-state index < -0.39 is 5.97 Å². The van der Waals surface area contributed by atoms with Crippen molar-refractivity contribution in [1.82, 2.24) is 9.55 Å². The fourth-order valence-corrected chi connectivity index (χ4v) is 1.95. The average Bonchev–Trinajstić information content (AvgIpc) is 2.81. The predicted octanol–water partition coefficient (Wildman–Crippen LogP) is 2.25. The van der Waals surface area contributed by atoms with Gasteiger partial charge in [0.2, 0.25) is 0 Å². The molecule has 0 spiro atoms. The molecule has 20 heavy (non-hydrogen) atoms. The van der Waals surface area contributed by atoms with Crippen LogP contribution < -0.4 is 5.73 Å². The Morgan fingerprint density at radius 3 is 2.50 bits per heavy atom. The molecule has 0 radical (unpaired) electrons. The van der Waals surface area contributed by atoms with E-state index in [1.165, 1.54) is 5.56 Å². The number of anilines is 1. The maximum atomic E-state index is 11.6. The van der Waals surface area contributed by atoms with Crippen LogP contribution in [0, 0.1) is 0 Å². The Bertz CT molecular complexity index is 588. The van der Waals surface area contributed by atoms with E-state index >= 15 is 0 Å². The number of imidazole rings is 1. The van der Waals surface area contributed by atoms with Crippen LogP contribution in [0.1, 0.15) is 35.5 Å². The van der Waals surface area contributed by atoms with E-state index in [-0.39, 0.29) is 5.69 Å². The minimum Gasteiger partial charge on any atom is -0.461 e. The molecule has 0 aliphatic heterocycles. The number of aryl methyl sites for hydroxylation is 1. The second-order valence-corrected chi connectivity index (χ2v) is 4.50. The van der Waals surface area contributed by atoms with Crippen molar-refractivity contribution in [2.45, 2.75) is 26.8 Å². The Balaban J connectivity index is 2.15. The fraction of sp³-hybridized carbons (Fsp3) is 0.333. The van der Waals surface area contributed by atoms with E-state index in [0.29, 0.717) is 19.0 Å². The topological polar surface area (TPSA) is 70.1 Å². The number of hydrogen-bond acceptors (Lipinski definition) is 4. The molecule has 0 unspecified atom stereocenters. The molecule has 0 aliphatic carbocycles. The van der Waals surface area contributed by atoms with Gasteiger partial charge in [-0.3, -0.25) is 0 Å². The van der Waals surface area contributed by atoms with Crippen LogP contribution in [0.4, 0.5) is 5.82 Å². The molecule has 0 saturated carbocycles. The molecule has 1 aromatic carbocycles. The quantitative estimate of drug-likeness (QED) is 0.848. The number of rotatable bonds is 5. The van der Waals surface area contributed by atoms with Gasteiger partial charge < -0.3 is 15.0 Å². The van der Waals surface area contributed by atoms with Crippen LogP contribution in [-0.2, 0) is 17.7 Å². The van der Waals surface area contributed by atoms with Gasteiger partial charge in [-0.05, 0) is 24.5 Å². The van der Waals surface area contributed by atoms with Gasteiger partial charge in [-0.2, -0.15) is 0 Å². The van der Waals surface area contributed by atoms with Gasteiger partial charge in [0.25, 0.3) is 0 Å². The number of nitrogens with zero attached hydrogens (tertiary/aromatic N) is 2. The zero-order chi connectivity index (χ0) is 14.5. The van der Waals surface area contributed by atoms with Crippen molar-refractivity contribution >= 4 is 11.8 Å². The molecular formula is C15H19N3O2. The van der Waals surface area contributed by atoms with E-state index in [9.17, 15) is 4.79 Å². The lowest BCUT2D eigenvalue weighted by Crippen LogP contribution is -2.10. The number of nitrogens with two attached hydrogens (primary N) is 1. The van der Waals surface area contributed by atoms with Crippen molar-refractivity contribution in [3.05, 3.63) is 47.4 Å². The Morgan fingerprint density at radius 1 is 1.25 bits per heavy atom. The summed E-state index contributed by atoms with van der Waals surface area (Å²) in [6, 6.07) is 8.30. The Morgan fingerprint density at radius 2 is 1.90 bits per heavy atom. The van der Waals surface area contributed by atoms with Gasteiger partial charge in [0, 0.05) is 0 Å². The molecule has 5 nitrogen and oxygen atoms in total. The lowest BCUT2D eigenvalue weighted by molar-refractivity contribution is 0.0521. The van der Waals surface area contributed by atoms with E-state index in [0.717, 1.165) is 12.0 Å². The third-order valence-electron chi connectivity index (χ3n) is 3.13. The molecule has 5 heteroatoms. The number of nitrogen functional groups attached to an aromatic ring is 1. The Hall–Kier alpha value is -2.30. The summed E-state index contributed by atoms with van der Waals surface area (Å²) < 4.78 is 6.65. The first-order valence-electron chi connectivity index (χ1n) is 6.71. The molecule has 2 rings (SSSR count). The van der Waals surface area contributed by atoms with Gasteiger partial charge in [0.15, 0.2) is 5.69 Å². The summed E-state index contributed by atoms with van der Waals surface area (Å²) in [6.07, 6.45) is 2.58. The Labute approximate surface area is 118 Å². The van der Waals surface area contributed by atoms with Crippen molar-refractivity contribution in [3.8, 4) is 0 Å². The highest BCUT2D eigenvalue weighted by molar-refractivity contribution is 5.92. The van der Waals surface area contributed by atoms with Crippen LogP contribution in [0.5, 0.6) is 0 Å². The highest BCUT2D eigenvalue weighted by Gasteiger charge is 2.16. The number of hydrogen-bond donors (Lipinski definition) is 1. The van der Waals surface area contributed by atoms with E-state index in [4.69, 9.17) is 10.5 Å². The van der Waals surface area contributed by atoms with E-state index in [1.807, 2.05) is 0 Å². The van der Waals surface area contributed by atoms with Crippen molar-refractivity contribution in [2.24, 2.45) is 0 Å². The summed E-state index contributed by atoms with van der Waals surface area (Å²) in [4.78, 5) is 15.7. The number of benzene rings is 1. The molecule has 0 saturated heterocycles. The minimum absolute atomic E-state index is 0.178. The van der Waals surface area contributed by atoms with Crippen molar-refractivity contribution in [2.75, 3.05) is 12.3 Å². The first kappa shape index (κ1) is 14.1. The zero-order valence-electron chi connectivity index (χ0n) is 11.8. The molecule has 2 aromatic rings. The van der Waals surface area contributed by atoms with Crippen LogP contribution in [0.25, 0.3) is 0 Å². The summed E-state index contributed by atoms with van der Waals surface area (Å²) in [5.41, 5.74) is 8.52. The average molecular weight is 273 g/mol. The van der Waals surface area contributed by atoms with Gasteiger partial charge in [-0.25, -0.2) is 9.78 Å². The summed E-state index contributed by atoms with van der Waals surface area (Å²) in [5, 5.41) is 0. The molecule has 0 aliphatic rings. The first-order chi connectivity index (χ1) is 9.65. The van der Waals surface area contributed by atoms with Crippen LogP contribution in [0.15, 0.2) is 30.6 Å².